The van der Waals surface area contributed by atoms with Crippen molar-refractivity contribution in [3.63, 3.8) is 0 Å². The molecule has 0 radical (unpaired) electrons. The molecule has 0 aliphatic carbocycles. The van der Waals surface area contributed by atoms with Crippen molar-refractivity contribution >= 4 is 10.9 Å². The Bertz CT molecular complexity index is 937. The molecular formula is C21H17N3O. The molecule has 122 valence electrons. The molecule has 3 aromatic rings. The number of hydrogen-bond donors (Lipinski definition) is 0. The van der Waals surface area contributed by atoms with Gasteiger partial charge in [-0.3, -0.25) is 4.98 Å². The minimum absolute atomic E-state index is 0.241. The van der Waals surface area contributed by atoms with Gasteiger partial charge in [0.1, 0.15) is 11.7 Å². The van der Waals surface area contributed by atoms with Crippen LogP contribution in [-0.2, 0) is 6.42 Å². The molecule has 0 amide bonds. The van der Waals surface area contributed by atoms with Crippen LogP contribution in [0.3, 0.4) is 0 Å². The van der Waals surface area contributed by atoms with Gasteiger partial charge in [-0.25, -0.2) is 0 Å². The Morgan fingerprint density at radius 1 is 0.960 bits per heavy atom. The van der Waals surface area contributed by atoms with Gasteiger partial charge in [0.25, 0.3) is 0 Å². The van der Waals surface area contributed by atoms with E-state index in [0.717, 1.165) is 27.9 Å². The van der Waals surface area contributed by atoms with Crippen LogP contribution in [-0.4, -0.2) is 12.1 Å². The number of hydrogen-bond acceptors (Lipinski definition) is 4. The third-order valence-corrected chi connectivity index (χ3v) is 4.31. The smallest absolute Gasteiger partial charge is 0.140 e. The molecule has 1 aromatic heterocycles. The third kappa shape index (κ3) is 3.59. The zero-order valence-corrected chi connectivity index (χ0v) is 13.9. The molecule has 0 bridgehead atoms. The Hall–Kier alpha value is -3.37. The lowest BCUT2D eigenvalue weighted by molar-refractivity contribution is 0.414. The van der Waals surface area contributed by atoms with Crippen LogP contribution in [0, 0.1) is 28.6 Å². The van der Waals surface area contributed by atoms with Crippen molar-refractivity contribution in [1.29, 1.82) is 10.5 Å². The number of pyridine rings is 1. The lowest BCUT2D eigenvalue weighted by atomic mass is 9.84. The van der Waals surface area contributed by atoms with Crippen molar-refractivity contribution in [3.8, 4) is 17.9 Å². The summed E-state index contributed by atoms with van der Waals surface area (Å²) in [6.07, 6.45) is 0.531. The molecule has 0 aliphatic heterocycles. The fourth-order valence-electron chi connectivity index (χ4n) is 2.94. The molecule has 0 saturated heterocycles. The Balaban J connectivity index is 1.95. The van der Waals surface area contributed by atoms with E-state index < -0.39 is 5.92 Å². The van der Waals surface area contributed by atoms with Crippen LogP contribution in [0.15, 0.2) is 60.7 Å². The van der Waals surface area contributed by atoms with E-state index in [1.54, 1.807) is 7.11 Å². The van der Waals surface area contributed by atoms with Crippen LogP contribution in [0.2, 0.25) is 0 Å². The number of ether oxygens (including phenoxy) is 1. The maximum atomic E-state index is 9.39. The maximum Gasteiger partial charge on any atom is 0.140 e. The first-order valence-electron chi connectivity index (χ1n) is 8.03. The van der Waals surface area contributed by atoms with E-state index in [4.69, 9.17) is 4.74 Å². The van der Waals surface area contributed by atoms with Crippen LogP contribution in [0.25, 0.3) is 10.9 Å². The van der Waals surface area contributed by atoms with E-state index in [1.807, 2.05) is 60.7 Å². The number of para-hydroxylation sites is 1. The number of nitrogens with zero attached hydrogens (tertiary/aromatic N) is 3. The normalized spacial score (nSPS) is 11.7. The van der Waals surface area contributed by atoms with Gasteiger partial charge in [-0.2, -0.15) is 10.5 Å². The zero-order chi connectivity index (χ0) is 17.6. The molecule has 4 heteroatoms. The first kappa shape index (κ1) is 16.5. The highest BCUT2D eigenvalue weighted by Gasteiger charge is 2.24. The second kappa shape index (κ2) is 7.47. The summed E-state index contributed by atoms with van der Waals surface area (Å²) in [6, 6.07) is 23.6. The van der Waals surface area contributed by atoms with Crippen molar-refractivity contribution in [1.82, 2.24) is 4.98 Å². The number of rotatable bonds is 5. The van der Waals surface area contributed by atoms with Crippen LogP contribution in [0.4, 0.5) is 0 Å². The van der Waals surface area contributed by atoms with Crippen LogP contribution in [0.5, 0.6) is 5.75 Å². The Morgan fingerprint density at radius 2 is 1.68 bits per heavy atom. The molecule has 0 spiro atoms. The third-order valence-electron chi connectivity index (χ3n) is 4.31. The highest BCUT2D eigenvalue weighted by atomic mass is 16.5. The monoisotopic (exact) mass is 327 g/mol. The zero-order valence-electron chi connectivity index (χ0n) is 13.9. The van der Waals surface area contributed by atoms with E-state index in [2.05, 4.69) is 17.1 Å². The largest absolute Gasteiger partial charge is 0.497 e. The van der Waals surface area contributed by atoms with Gasteiger partial charge in [0.15, 0.2) is 0 Å². The molecule has 2 aromatic carbocycles. The van der Waals surface area contributed by atoms with E-state index in [1.165, 1.54) is 0 Å². The quantitative estimate of drug-likeness (QED) is 0.703. The number of nitriles is 2. The van der Waals surface area contributed by atoms with Crippen molar-refractivity contribution < 1.29 is 4.74 Å². The average Bonchev–Trinajstić information content (AvgIpc) is 2.68. The van der Waals surface area contributed by atoms with Gasteiger partial charge in [0, 0.05) is 17.0 Å². The first-order chi connectivity index (χ1) is 12.2. The number of methoxy groups -OCH3 is 1. The second-order valence-electron chi connectivity index (χ2n) is 5.81. The Labute approximate surface area is 146 Å². The molecule has 4 nitrogen and oxygen atoms in total. The molecule has 0 saturated carbocycles. The predicted octanol–water partition coefficient (Wildman–Crippen LogP) is 4.23. The second-order valence-corrected chi connectivity index (χ2v) is 5.81. The minimum Gasteiger partial charge on any atom is -0.497 e. The van der Waals surface area contributed by atoms with E-state index >= 15 is 0 Å². The van der Waals surface area contributed by atoms with Crippen molar-refractivity contribution in [3.05, 3.63) is 71.9 Å². The lowest BCUT2D eigenvalue weighted by Gasteiger charge is -2.18. The molecule has 0 aliphatic rings. The summed E-state index contributed by atoms with van der Waals surface area (Å²) in [5, 5.41) is 19.9. The highest BCUT2D eigenvalue weighted by Crippen LogP contribution is 2.29. The Morgan fingerprint density at radius 3 is 2.36 bits per heavy atom. The van der Waals surface area contributed by atoms with Gasteiger partial charge in [-0.15, -0.1) is 0 Å². The van der Waals surface area contributed by atoms with Gasteiger partial charge in [0.05, 0.1) is 24.8 Å². The summed E-state index contributed by atoms with van der Waals surface area (Å²) in [7, 11) is 1.61. The van der Waals surface area contributed by atoms with Crippen molar-refractivity contribution in [2.24, 2.45) is 5.92 Å². The molecule has 0 fully saturated rings. The van der Waals surface area contributed by atoms with Crippen LogP contribution >= 0.6 is 0 Å². The molecule has 3 rings (SSSR count). The molecular weight excluding hydrogens is 310 g/mol. The number of aromatic nitrogens is 1. The van der Waals surface area contributed by atoms with Crippen LogP contribution in [0.1, 0.15) is 17.2 Å². The maximum absolute atomic E-state index is 9.39. The standard InChI is InChI=1S/C21H17N3O/c1-25-19-10-7-15(8-11-19)20(17(13-22)14-23)12-18-9-6-16-4-2-3-5-21(16)24-18/h2-11,17,20H,12H2,1H3. The minimum atomic E-state index is -0.735. The van der Waals surface area contributed by atoms with Crippen LogP contribution < -0.4 is 4.74 Å². The number of fused-ring (bicyclic) bond motifs is 1. The highest BCUT2D eigenvalue weighted by molar-refractivity contribution is 5.78. The molecule has 25 heavy (non-hydrogen) atoms. The Kier molecular flexibility index (Phi) is 4.92. The SMILES string of the molecule is COc1ccc(C(Cc2ccc3ccccc3n2)C(C#N)C#N)cc1. The van der Waals surface area contributed by atoms with Gasteiger partial charge in [-0.05, 0) is 36.2 Å². The summed E-state index contributed by atoms with van der Waals surface area (Å²) in [4.78, 5) is 4.68. The molecule has 1 heterocycles. The summed E-state index contributed by atoms with van der Waals surface area (Å²) in [5.74, 6) is -0.229. The average molecular weight is 327 g/mol. The number of benzene rings is 2. The first-order valence-corrected chi connectivity index (χ1v) is 8.03. The molecule has 1 unspecified atom stereocenters. The van der Waals surface area contributed by atoms with Gasteiger partial charge in [0.2, 0.25) is 0 Å². The summed E-state index contributed by atoms with van der Waals surface area (Å²) < 4.78 is 5.19. The summed E-state index contributed by atoms with van der Waals surface area (Å²) in [6.45, 7) is 0. The fourth-order valence-corrected chi connectivity index (χ4v) is 2.94. The predicted molar refractivity (Wildman–Crippen MR) is 95.9 cm³/mol. The van der Waals surface area contributed by atoms with Gasteiger partial charge < -0.3 is 4.74 Å². The molecule has 1 atom stereocenters. The van der Waals surface area contributed by atoms with E-state index in [9.17, 15) is 10.5 Å². The van der Waals surface area contributed by atoms with Crippen molar-refractivity contribution in [2.45, 2.75) is 12.3 Å². The van der Waals surface area contributed by atoms with E-state index in [0.29, 0.717) is 6.42 Å². The van der Waals surface area contributed by atoms with E-state index in [-0.39, 0.29) is 5.92 Å². The topological polar surface area (TPSA) is 69.7 Å². The summed E-state index contributed by atoms with van der Waals surface area (Å²) in [5.41, 5.74) is 2.72. The van der Waals surface area contributed by atoms with Gasteiger partial charge in [-0.1, -0.05) is 36.4 Å². The van der Waals surface area contributed by atoms with Crippen molar-refractivity contribution in [2.75, 3.05) is 7.11 Å². The van der Waals surface area contributed by atoms with Gasteiger partial charge >= 0.3 is 0 Å². The fraction of sp³-hybridized carbons (Fsp3) is 0.190. The summed E-state index contributed by atoms with van der Waals surface area (Å²) >= 11 is 0. The molecule has 0 N–H and O–H groups in total. The lowest BCUT2D eigenvalue weighted by Crippen LogP contribution is -2.13.